The molecule has 4 aromatic rings. The third-order valence-corrected chi connectivity index (χ3v) is 5.01. The summed E-state index contributed by atoms with van der Waals surface area (Å²) >= 11 is 0. The Labute approximate surface area is 191 Å². The molecular weight excluding hydrogens is 453 g/mol. The van der Waals surface area contributed by atoms with Gasteiger partial charge < -0.3 is 19.6 Å². The quantitative estimate of drug-likeness (QED) is 0.425. The number of nitrogens with zero attached hydrogens (tertiary/aromatic N) is 2. The van der Waals surface area contributed by atoms with Gasteiger partial charge in [-0.15, -0.1) is 0 Å². The number of alkyl halides is 3. The standard InChI is InChI=1S/C23H19F3N4O4/c1-11-7-16(13(3)33-11)18-9-17(19-12(2)30-34-22(19)29-18)21(32)28-15-6-4-5-14(8-15)20(31)27-10-23(24,25)26/h4-9H,10H2,1-3H3,(H,27,31)(H,28,32). The Hall–Kier alpha value is -4.15. The molecule has 34 heavy (non-hydrogen) atoms. The number of carbonyl (C=O) groups is 2. The molecule has 1 aromatic carbocycles. The van der Waals surface area contributed by atoms with E-state index in [0.717, 1.165) is 0 Å². The molecule has 0 atom stereocenters. The van der Waals surface area contributed by atoms with Gasteiger partial charge in [-0.25, -0.2) is 4.98 Å². The van der Waals surface area contributed by atoms with Crippen molar-refractivity contribution in [3.63, 3.8) is 0 Å². The van der Waals surface area contributed by atoms with E-state index in [0.29, 0.717) is 33.9 Å². The second-order valence-electron chi connectivity index (χ2n) is 7.66. The first-order valence-corrected chi connectivity index (χ1v) is 10.1. The zero-order chi connectivity index (χ0) is 24.6. The lowest BCUT2D eigenvalue weighted by Gasteiger charge is -2.11. The number of nitrogens with one attached hydrogen (secondary N) is 2. The molecule has 0 fully saturated rings. The number of aromatic nitrogens is 2. The zero-order valence-electron chi connectivity index (χ0n) is 18.3. The smallest absolute Gasteiger partial charge is 0.405 e. The average Bonchev–Trinajstić information content (AvgIpc) is 3.32. The van der Waals surface area contributed by atoms with Gasteiger partial charge in [0, 0.05) is 16.8 Å². The topological polar surface area (TPSA) is 110 Å². The lowest BCUT2D eigenvalue weighted by atomic mass is 10.0. The number of benzene rings is 1. The van der Waals surface area contributed by atoms with Crippen LogP contribution in [0.25, 0.3) is 22.4 Å². The Morgan fingerprint density at radius 3 is 2.50 bits per heavy atom. The van der Waals surface area contributed by atoms with Crippen LogP contribution in [-0.4, -0.2) is 34.7 Å². The number of rotatable bonds is 5. The summed E-state index contributed by atoms with van der Waals surface area (Å²) < 4.78 is 48.0. The fourth-order valence-corrected chi connectivity index (χ4v) is 3.52. The minimum absolute atomic E-state index is 0.0340. The van der Waals surface area contributed by atoms with E-state index in [4.69, 9.17) is 8.94 Å². The van der Waals surface area contributed by atoms with Gasteiger partial charge in [0.05, 0.1) is 22.3 Å². The molecule has 176 valence electrons. The van der Waals surface area contributed by atoms with Gasteiger partial charge in [-0.3, -0.25) is 9.59 Å². The number of amides is 2. The number of fused-ring (bicyclic) bond motifs is 1. The first kappa shape index (κ1) is 23.0. The number of anilines is 1. The SMILES string of the molecule is Cc1cc(-c2cc(C(=O)Nc3cccc(C(=O)NCC(F)(F)F)c3)c3c(C)noc3n2)c(C)o1. The van der Waals surface area contributed by atoms with Crippen molar-refractivity contribution in [3.8, 4) is 11.3 Å². The number of carbonyl (C=O) groups excluding carboxylic acids is 2. The molecule has 2 N–H and O–H groups in total. The highest BCUT2D eigenvalue weighted by Gasteiger charge is 2.28. The number of aryl methyl sites for hydroxylation is 3. The van der Waals surface area contributed by atoms with Crippen LogP contribution in [0.3, 0.4) is 0 Å². The highest BCUT2D eigenvalue weighted by Crippen LogP contribution is 2.31. The summed E-state index contributed by atoms with van der Waals surface area (Å²) in [7, 11) is 0. The minimum atomic E-state index is -4.53. The molecule has 11 heteroatoms. The Balaban J connectivity index is 1.65. The zero-order valence-corrected chi connectivity index (χ0v) is 18.3. The van der Waals surface area contributed by atoms with Crippen molar-refractivity contribution in [2.45, 2.75) is 26.9 Å². The largest absolute Gasteiger partial charge is 0.466 e. The lowest BCUT2D eigenvalue weighted by Crippen LogP contribution is -2.33. The summed E-state index contributed by atoms with van der Waals surface area (Å²) in [6.45, 7) is 3.77. The first-order valence-electron chi connectivity index (χ1n) is 10.1. The van der Waals surface area contributed by atoms with Crippen LogP contribution < -0.4 is 10.6 Å². The van der Waals surface area contributed by atoms with Crippen LogP contribution in [0.5, 0.6) is 0 Å². The lowest BCUT2D eigenvalue weighted by molar-refractivity contribution is -0.123. The van der Waals surface area contributed by atoms with Crippen molar-refractivity contribution in [2.75, 3.05) is 11.9 Å². The second-order valence-corrected chi connectivity index (χ2v) is 7.66. The van der Waals surface area contributed by atoms with Gasteiger partial charge in [-0.05, 0) is 51.1 Å². The molecule has 0 spiro atoms. The maximum absolute atomic E-state index is 13.2. The van der Waals surface area contributed by atoms with Crippen molar-refractivity contribution in [1.82, 2.24) is 15.5 Å². The third kappa shape index (κ3) is 4.77. The van der Waals surface area contributed by atoms with Crippen molar-refractivity contribution < 1.29 is 31.7 Å². The van der Waals surface area contributed by atoms with E-state index < -0.39 is 24.5 Å². The Morgan fingerprint density at radius 1 is 1.06 bits per heavy atom. The van der Waals surface area contributed by atoms with Crippen LogP contribution in [0.15, 0.2) is 45.3 Å². The van der Waals surface area contributed by atoms with E-state index in [9.17, 15) is 22.8 Å². The van der Waals surface area contributed by atoms with E-state index >= 15 is 0 Å². The average molecular weight is 472 g/mol. The van der Waals surface area contributed by atoms with Gasteiger partial charge in [0.2, 0.25) is 0 Å². The summed E-state index contributed by atoms with van der Waals surface area (Å²) in [4.78, 5) is 29.7. The monoisotopic (exact) mass is 472 g/mol. The maximum atomic E-state index is 13.2. The summed E-state index contributed by atoms with van der Waals surface area (Å²) in [5, 5.41) is 8.78. The van der Waals surface area contributed by atoms with Crippen molar-refractivity contribution in [1.29, 1.82) is 0 Å². The van der Waals surface area contributed by atoms with E-state index in [1.54, 1.807) is 38.2 Å². The maximum Gasteiger partial charge on any atom is 0.405 e. The fraction of sp³-hybridized carbons (Fsp3) is 0.217. The van der Waals surface area contributed by atoms with Gasteiger partial charge in [-0.1, -0.05) is 11.2 Å². The third-order valence-electron chi connectivity index (χ3n) is 5.01. The normalized spacial score (nSPS) is 11.6. The molecule has 2 amide bonds. The Kier molecular flexibility index (Phi) is 5.86. The summed E-state index contributed by atoms with van der Waals surface area (Å²) in [5.41, 5.74) is 2.17. The van der Waals surface area contributed by atoms with Gasteiger partial charge in [0.15, 0.2) is 0 Å². The molecule has 3 heterocycles. The molecule has 4 rings (SSSR count). The highest BCUT2D eigenvalue weighted by atomic mass is 19.4. The number of hydrogen-bond donors (Lipinski definition) is 2. The minimum Gasteiger partial charge on any atom is -0.466 e. The summed E-state index contributed by atoms with van der Waals surface area (Å²) in [5.74, 6) is -0.160. The highest BCUT2D eigenvalue weighted by molar-refractivity contribution is 6.13. The molecule has 0 bridgehead atoms. The van der Waals surface area contributed by atoms with Crippen LogP contribution in [0.4, 0.5) is 18.9 Å². The molecule has 0 unspecified atom stereocenters. The van der Waals surface area contributed by atoms with Crippen LogP contribution in [0.1, 0.15) is 37.9 Å². The van der Waals surface area contributed by atoms with E-state index in [1.165, 1.54) is 24.3 Å². The molecule has 3 aromatic heterocycles. The molecule has 0 aliphatic heterocycles. The fourth-order valence-electron chi connectivity index (χ4n) is 3.52. The van der Waals surface area contributed by atoms with Crippen molar-refractivity contribution in [3.05, 3.63) is 64.7 Å². The van der Waals surface area contributed by atoms with Crippen LogP contribution in [0.2, 0.25) is 0 Å². The molecule has 0 saturated carbocycles. The van der Waals surface area contributed by atoms with Gasteiger partial charge in [0.25, 0.3) is 17.5 Å². The van der Waals surface area contributed by atoms with E-state index in [-0.39, 0.29) is 22.5 Å². The number of halogens is 3. The molecule has 0 saturated heterocycles. The van der Waals surface area contributed by atoms with Gasteiger partial charge in [-0.2, -0.15) is 13.2 Å². The van der Waals surface area contributed by atoms with Gasteiger partial charge in [0.1, 0.15) is 18.1 Å². The summed E-state index contributed by atoms with van der Waals surface area (Å²) in [6.07, 6.45) is -4.53. The van der Waals surface area contributed by atoms with Crippen LogP contribution >= 0.6 is 0 Å². The molecule has 0 aliphatic rings. The molecule has 0 aliphatic carbocycles. The predicted molar refractivity (Wildman–Crippen MR) is 117 cm³/mol. The van der Waals surface area contributed by atoms with E-state index in [1.807, 2.05) is 0 Å². The number of hydrogen-bond acceptors (Lipinski definition) is 6. The van der Waals surface area contributed by atoms with E-state index in [2.05, 4.69) is 15.5 Å². The van der Waals surface area contributed by atoms with Gasteiger partial charge >= 0.3 is 6.18 Å². The Bertz CT molecular complexity index is 1410. The van der Waals surface area contributed by atoms with Crippen LogP contribution in [0, 0.1) is 20.8 Å². The number of furan rings is 1. The second kappa shape index (κ2) is 8.65. The van der Waals surface area contributed by atoms with Crippen LogP contribution in [-0.2, 0) is 0 Å². The number of pyridine rings is 1. The van der Waals surface area contributed by atoms with Crippen molar-refractivity contribution >= 4 is 28.6 Å². The summed E-state index contributed by atoms with van der Waals surface area (Å²) in [6, 6.07) is 8.97. The molecule has 8 nitrogen and oxygen atoms in total. The predicted octanol–water partition coefficient (Wildman–Crippen LogP) is 4.95. The van der Waals surface area contributed by atoms with Crippen molar-refractivity contribution in [2.24, 2.45) is 0 Å². The Morgan fingerprint density at radius 2 is 1.82 bits per heavy atom. The molecular formula is C23H19F3N4O4. The first-order chi connectivity index (χ1) is 16.0. The molecule has 0 radical (unpaired) electrons.